The normalized spacial score (nSPS) is 10.2. The van der Waals surface area contributed by atoms with Crippen molar-refractivity contribution in [2.75, 3.05) is 17.7 Å². The van der Waals surface area contributed by atoms with Crippen LogP contribution in [0.3, 0.4) is 0 Å². The Balaban J connectivity index is 1.57. The molecule has 0 unspecified atom stereocenters. The number of carbonyl (C=O) groups excluding carboxylic acids is 2. The number of hydrogen-bond acceptors (Lipinski definition) is 6. The van der Waals surface area contributed by atoms with Gasteiger partial charge in [-0.1, -0.05) is 6.07 Å². The Hall–Kier alpha value is -3.19. The molecule has 1 aromatic carbocycles. The minimum Gasteiger partial charge on any atom is -0.465 e. The molecule has 2 N–H and O–H groups in total. The van der Waals surface area contributed by atoms with E-state index in [1.165, 1.54) is 7.11 Å². The highest BCUT2D eigenvalue weighted by Crippen LogP contribution is 2.18. The maximum Gasteiger partial charge on any atom is 0.337 e. The number of amides is 1. The van der Waals surface area contributed by atoms with Crippen LogP contribution < -0.4 is 10.6 Å². The summed E-state index contributed by atoms with van der Waals surface area (Å²) in [6, 6.07) is 14.3. The molecule has 0 saturated carbocycles. The number of aromatic nitrogens is 1. The summed E-state index contributed by atoms with van der Waals surface area (Å²) in [5.74, 6) is 0.0260. The van der Waals surface area contributed by atoms with Crippen molar-refractivity contribution >= 4 is 40.4 Å². The molecular formula is C19H17N3O3S. The number of carbonyl (C=O) groups is 2. The lowest BCUT2D eigenvalue weighted by Gasteiger charge is -2.08. The van der Waals surface area contributed by atoms with Crippen molar-refractivity contribution in [2.24, 2.45) is 0 Å². The van der Waals surface area contributed by atoms with Gasteiger partial charge < -0.3 is 15.4 Å². The summed E-state index contributed by atoms with van der Waals surface area (Å²) in [6.45, 7) is 0. The number of anilines is 3. The van der Waals surface area contributed by atoms with Gasteiger partial charge in [0, 0.05) is 10.6 Å². The number of ether oxygens (including phenoxy) is 1. The Morgan fingerprint density at radius 1 is 1.08 bits per heavy atom. The summed E-state index contributed by atoms with van der Waals surface area (Å²) in [7, 11) is 1.35. The number of hydrogen-bond donors (Lipinski definition) is 2. The van der Waals surface area contributed by atoms with E-state index in [4.69, 9.17) is 0 Å². The molecule has 0 aliphatic carbocycles. The van der Waals surface area contributed by atoms with Crippen molar-refractivity contribution < 1.29 is 14.3 Å². The summed E-state index contributed by atoms with van der Waals surface area (Å²) in [5, 5.41) is 7.90. The summed E-state index contributed by atoms with van der Waals surface area (Å²) >= 11 is 1.55. The summed E-state index contributed by atoms with van der Waals surface area (Å²) < 4.78 is 4.67. The summed E-state index contributed by atoms with van der Waals surface area (Å²) in [4.78, 5) is 28.6. The molecular weight excluding hydrogens is 350 g/mol. The van der Waals surface area contributed by atoms with Crippen LogP contribution in [0.15, 0.2) is 60.1 Å². The van der Waals surface area contributed by atoms with Gasteiger partial charge in [-0.2, -0.15) is 0 Å². The maximum atomic E-state index is 12.0. The van der Waals surface area contributed by atoms with Crippen molar-refractivity contribution in [2.45, 2.75) is 6.42 Å². The topological polar surface area (TPSA) is 80.3 Å². The van der Waals surface area contributed by atoms with E-state index >= 15 is 0 Å². The predicted octanol–water partition coefficient (Wildman–Crippen LogP) is 3.85. The highest BCUT2D eigenvalue weighted by atomic mass is 32.1. The predicted molar refractivity (Wildman–Crippen MR) is 102 cm³/mol. The first-order chi connectivity index (χ1) is 12.6. The molecule has 2 heterocycles. The van der Waals surface area contributed by atoms with Crippen LogP contribution in [0.2, 0.25) is 0 Å². The van der Waals surface area contributed by atoms with Gasteiger partial charge >= 0.3 is 5.97 Å². The molecule has 7 heteroatoms. The Labute approximate surface area is 154 Å². The quantitative estimate of drug-likeness (QED) is 0.647. The third-order valence-electron chi connectivity index (χ3n) is 3.54. The molecule has 0 bridgehead atoms. The molecule has 6 nitrogen and oxygen atoms in total. The summed E-state index contributed by atoms with van der Waals surface area (Å²) in [5.41, 5.74) is 2.07. The minimum atomic E-state index is -0.374. The Morgan fingerprint density at radius 3 is 2.46 bits per heavy atom. The standard InChI is InChI=1S/C19H17N3O3S/c1-25-19(24)13-4-6-14(7-5-13)21-15-8-9-17(20-12-15)22-18(23)11-16-3-2-10-26-16/h2-10,12,21H,11H2,1H3,(H,20,22,23). The second kappa shape index (κ2) is 8.26. The molecule has 0 atom stereocenters. The third kappa shape index (κ3) is 4.67. The van der Waals surface area contributed by atoms with Gasteiger partial charge in [0.2, 0.25) is 5.91 Å². The Kier molecular flexibility index (Phi) is 5.60. The zero-order chi connectivity index (χ0) is 18.4. The van der Waals surface area contributed by atoms with Crippen molar-refractivity contribution in [3.63, 3.8) is 0 Å². The van der Waals surface area contributed by atoms with Crippen LogP contribution in [0.1, 0.15) is 15.2 Å². The van der Waals surface area contributed by atoms with Crippen LogP contribution in [0.5, 0.6) is 0 Å². The number of nitrogens with one attached hydrogen (secondary N) is 2. The van der Waals surface area contributed by atoms with Crippen LogP contribution in [-0.2, 0) is 16.0 Å². The molecule has 2 aromatic heterocycles. The minimum absolute atomic E-state index is 0.0981. The van der Waals surface area contributed by atoms with Crippen molar-refractivity contribution in [1.29, 1.82) is 0 Å². The smallest absolute Gasteiger partial charge is 0.337 e. The zero-order valence-electron chi connectivity index (χ0n) is 14.1. The number of thiophene rings is 1. The van der Waals surface area contributed by atoms with E-state index in [0.717, 1.165) is 16.3 Å². The van der Waals surface area contributed by atoms with E-state index in [1.807, 2.05) is 23.6 Å². The van der Waals surface area contributed by atoms with Gasteiger partial charge in [0.25, 0.3) is 0 Å². The number of nitrogens with zero attached hydrogens (tertiary/aromatic N) is 1. The molecule has 0 aliphatic heterocycles. The van der Waals surface area contributed by atoms with Gasteiger partial charge in [-0.3, -0.25) is 4.79 Å². The first-order valence-electron chi connectivity index (χ1n) is 7.88. The van der Waals surface area contributed by atoms with Crippen LogP contribution in [0.25, 0.3) is 0 Å². The van der Waals surface area contributed by atoms with Gasteiger partial charge in [0.15, 0.2) is 0 Å². The summed E-state index contributed by atoms with van der Waals surface area (Å²) in [6.07, 6.45) is 1.97. The van der Waals surface area contributed by atoms with Crippen molar-refractivity contribution in [1.82, 2.24) is 4.98 Å². The van der Waals surface area contributed by atoms with Crippen molar-refractivity contribution in [3.8, 4) is 0 Å². The molecule has 3 aromatic rings. The van der Waals surface area contributed by atoms with E-state index in [9.17, 15) is 9.59 Å². The first kappa shape index (κ1) is 17.6. The van der Waals surface area contributed by atoms with Gasteiger partial charge in [-0.05, 0) is 47.8 Å². The van der Waals surface area contributed by atoms with E-state index in [0.29, 0.717) is 17.8 Å². The van der Waals surface area contributed by atoms with Gasteiger partial charge in [-0.15, -0.1) is 11.3 Å². The Bertz CT molecular complexity index is 875. The molecule has 0 radical (unpaired) electrons. The molecule has 26 heavy (non-hydrogen) atoms. The zero-order valence-corrected chi connectivity index (χ0v) is 14.9. The lowest BCUT2D eigenvalue weighted by atomic mass is 10.2. The van der Waals surface area contributed by atoms with E-state index < -0.39 is 0 Å². The highest BCUT2D eigenvalue weighted by molar-refractivity contribution is 7.10. The second-order valence-corrected chi connectivity index (χ2v) is 6.46. The fourth-order valence-corrected chi connectivity index (χ4v) is 2.98. The van der Waals surface area contributed by atoms with Crippen molar-refractivity contribution in [3.05, 3.63) is 70.5 Å². The highest BCUT2D eigenvalue weighted by Gasteiger charge is 2.07. The van der Waals surface area contributed by atoms with Gasteiger partial charge in [0.1, 0.15) is 5.82 Å². The number of methoxy groups -OCH3 is 1. The van der Waals surface area contributed by atoms with E-state index in [2.05, 4.69) is 20.4 Å². The lowest BCUT2D eigenvalue weighted by Crippen LogP contribution is -2.14. The van der Waals surface area contributed by atoms with Crippen LogP contribution in [-0.4, -0.2) is 24.0 Å². The van der Waals surface area contributed by atoms with Crippen LogP contribution >= 0.6 is 11.3 Å². The van der Waals surface area contributed by atoms with Crippen LogP contribution in [0, 0.1) is 0 Å². The fourth-order valence-electron chi connectivity index (χ4n) is 2.27. The van der Waals surface area contributed by atoms with E-state index in [1.54, 1.807) is 47.9 Å². The monoisotopic (exact) mass is 367 g/mol. The maximum absolute atomic E-state index is 12.0. The molecule has 0 saturated heterocycles. The number of benzene rings is 1. The molecule has 0 aliphatic rings. The third-order valence-corrected chi connectivity index (χ3v) is 4.42. The Morgan fingerprint density at radius 2 is 1.85 bits per heavy atom. The fraction of sp³-hybridized carbons (Fsp3) is 0.105. The molecule has 3 rings (SSSR count). The number of rotatable bonds is 6. The molecule has 132 valence electrons. The van der Waals surface area contributed by atoms with Gasteiger partial charge in [-0.25, -0.2) is 9.78 Å². The van der Waals surface area contributed by atoms with Gasteiger partial charge in [0.05, 0.1) is 31.0 Å². The number of pyridine rings is 1. The first-order valence-corrected chi connectivity index (χ1v) is 8.76. The SMILES string of the molecule is COC(=O)c1ccc(Nc2ccc(NC(=O)Cc3cccs3)nc2)cc1. The largest absolute Gasteiger partial charge is 0.465 e. The molecule has 0 spiro atoms. The average molecular weight is 367 g/mol. The molecule has 1 amide bonds. The average Bonchev–Trinajstić information content (AvgIpc) is 3.16. The number of esters is 1. The van der Waals surface area contributed by atoms with E-state index in [-0.39, 0.29) is 11.9 Å². The lowest BCUT2D eigenvalue weighted by molar-refractivity contribution is -0.115. The molecule has 0 fully saturated rings. The van der Waals surface area contributed by atoms with Crippen LogP contribution in [0.4, 0.5) is 17.2 Å². The second-order valence-electron chi connectivity index (χ2n) is 5.43.